The van der Waals surface area contributed by atoms with Gasteiger partial charge in [-0.15, -0.1) is 0 Å². The van der Waals surface area contributed by atoms with Gasteiger partial charge in [0.2, 0.25) is 0 Å². The van der Waals surface area contributed by atoms with Crippen LogP contribution in [0.15, 0.2) is 30.8 Å². The van der Waals surface area contributed by atoms with Crippen LogP contribution in [0.4, 0.5) is 0 Å². The first kappa shape index (κ1) is 21.9. The highest BCUT2D eigenvalue weighted by molar-refractivity contribution is 5.47. The molecule has 3 nitrogen and oxygen atoms in total. The summed E-state index contributed by atoms with van der Waals surface area (Å²) in [5.41, 5.74) is 1.74. The highest BCUT2D eigenvalue weighted by atomic mass is 16.7. The Bertz CT molecular complexity index is 527. The molecule has 1 aromatic rings. The van der Waals surface area contributed by atoms with Crippen molar-refractivity contribution in [2.24, 2.45) is 0 Å². The molecular weight excluding hydrogens is 310 g/mol. The Labute approximate surface area is 155 Å². The van der Waals surface area contributed by atoms with Crippen molar-refractivity contribution in [3.63, 3.8) is 0 Å². The van der Waals surface area contributed by atoms with Gasteiger partial charge in [-0.05, 0) is 73.4 Å². The molecule has 1 aromatic carbocycles. The first-order valence-corrected chi connectivity index (χ1v) is 9.07. The van der Waals surface area contributed by atoms with Crippen molar-refractivity contribution in [3.05, 3.63) is 42.0 Å². The van der Waals surface area contributed by atoms with Crippen molar-refractivity contribution in [2.75, 3.05) is 6.61 Å². The van der Waals surface area contributed by atoms with Gasteiger partial charge >= 0.3 is 0 Å². The Balaban J connectivity index is 3.13. The number of rotatable bonds is 6. The molecule has 0 saturated heterocycles. The van der Waals surface area contributed by atoms with Crippen molar-refractivity contribution in [2.45, 2.75) is 85.1 Å². The van der Waals surface area contributed by atoms with Crippen LogP contribution in [0.2, 0.25) is 0 Å². The smallest absolute Gasteiger partial charge is 0.128 e. The van der Waals surface area contributed by atoms with Gasteiger partial charge < -0.3 is 4.74 Å². The maximum atomic E-state index is 6.52. The summed E-state index contributed by atoms with van der Waals surface area (Å²) in [5, 5.41) is 2.08. The van der Waals surface area contributed by atoms with Crippen LogP contribution in [0, 0.1) is 0 Å². The monoisotopic (exact) mass is 347 g/mol. The van der Waals surface area contributed by atoms with E-state index in [1.54, 1.807) is 0 Å². The molecule has 0 aliphatic rings. The van der Waals surface area contributed by atoms with Crippen LogP contribution >= 0.6 is 0 Å². The molecule has 0 spiro atoms. The van der Waals surface area contributed by atoms with Crippen LogP contribution < -0.4 is 0 Å². The summed E-state index contributed by atoms with van der Waals surface area (Å²) >= 11 is 0. The molecule has 0 fully saturated rings. The van der Waals surface area contributed by atoms with Crippen LogP contribution in [0.3, 0.4) is 0 Å². The zero-order valence-electron chi connectivity index (χ0n) is 17.6. The van der Waals surface area contributed by atoms with Gasteiger partial charge in [0.25, 0.3) is 0 Å². The molecule has 0 aliphatic carbocycles. The highest BCUT2D eigenvalue weighted by Crippen LogP contribution is 2.31. The number of hydrogen-bond donors (Lipinski definition) is 0. The molecule has 0 aliphatic heterocycles. The molecule has 0 N–H and O–H groups in total. The van der Waals surface area contributed by atoms with Crippen molar-refractivity contribution in [3.8, 4) is 0 Å². The van der Waals surface area contributed by atoms with E-state index in [1.165, 1.54) is 0 Å². The standard InChI is InChI=1S/C22H37NO2/c1-11-17-12-14-18(15-13-17)19(16-24-22(8,9)10)25-23(20(2,3)4)21(5,6)7/h11-15,19H,1,16H2,2-10H3. The molecule has 142 valence electrons. The summed E-state index contributed by atoms with van der Waals surface area (Å²) in [6, 6.07) is 8.32. The Morgan fingerprint density at radius 2 is 1.40 bits per heavy atom. The third-order valence-corrected chi connectivity index (χ3v) is 3.66. The highest BCUT2D eigenvalue weighted by Gasteiger charge is 2.35. The summed E-state index contributed by atoms with van der Waals surface area (Å²) in [4.78, 5) is 6.52. The Kier molecular flexibility index (Phi) is 7.03. The second-order valence-electron chi connectivity index (χ2n) is 9.52. The number of nitrogens with zero attached hydrogens (tertiary/aromatic N) is 1. The lowest BCUT2D eigenvalue weighted by Gasteiger charge is -2.45. The zero-order chi connectivity index (χ0) is 19.5. The van der Waals surface area contributed by atoms with E-state index in [0.29, 0.717) is 6.61 Å². The lowest BCUT2D eigenvalue weighted by molar-refractivity contribution is -0.296. The summed E-state index contributed by atoms with van der Waals surface area (Å²) in [6.07, 6.45) is 1.68. The van der Waals surface area contributed by atoms with Crippen LogP contribution in [0.1, 0.15) is 79.5 Å². The lowest BCUT2D eigenvalue weighted by atomic mass is 10.00. The maximum absolute atomic E-state index is 6.52. The molecule has 0 saturated carbocycles. The summed E-state index contributed by atoms with van der Waals surface area (Å²) in [5.74, 6) is 0. The fourth-order valence-electron chi connectivity index (χ4n) is 2.81. The second kappa shape index (κ2) is 8.03. The van der Waals surface area contributed by atoms with E-state index >= 15 is 0 Å². The maximum Gasteiger partial charge on any atom is 0.128 e. The van der Waals surface area contributed by atoms with Crippen LogP contribution in [0.5, 0.6) is 0 Å². The summed E-state index contributed by atoms with van der Waals surface area (Å²) in [6.45, 7) is 23.5. The quantitative estimate of drug-likeness (QED) is 0.588. The van der Waals surface area contributed by atoms with E-state index in [1.807, 2.05) is 6.08 Å². The fraction of sp³-hybridized carbons (Fsp3) is 0.636. The van der Waals surface area contributed by atoms with Crippen LogP contribution in [0.25, 0.3) is 6.08 Å². The zero-order valence-corrected chi connectivity index (χ0v) is 17.6. The van der Waals surface area contributed by atoms with Crippen molar-refractivity contribution < 1.29 is 9.57 Å². The van der Waals surface area contributed by atoms with E-state index in [2.05, 4.69) is 98.2 Å². The number of ether oxygens (including phenoxy) is 1. The minimum absolute atomic E-state index is 0.126. The lowest BCUT2D eigenvalue weighted by Crippen LogP contribution is -2.53. The normalized spacial score (nSPS) is 14.6. The van der Waals surface area contributed by atoms with E-state index in [-0.39, 0.29) is 22.8 Å². The SMILES string of the molecule is C=Cc1ccc(C(COC(C)(C)C)ON(C(C)(C)C)C(C)(C)C)cc1. The molecule has 0 bridgehead atoms. The van der Waals surface area contributed by atoms with Crippen molar-refractivity contribution in [1.82, 2.24) is 5.06 Å². The second-order valence-corrected chi connectivity index (χ2v) is 9.52. The number of hydrogen-bond acceptors (Lipinski definition) is 3. The Hall–Kier alpha value is -1.16. The third-order valence-electron chi connectivity index (χ3n) is 3.66. The molecule has 0 radical (unpaired) electrons. The van der Waals surface area contributed by atoms with E-state index in [4.69, 9.17) is 9.57 Å². The van der Waals surface area contributed by atoms with Gasteiger partial charge in [0.05, 0.1) is 12.2 Å². The number of benzene rings is 1. The largest absolute Gasteiger partial charge is 0.373 e. The molecule has 1 unspecified atom stereocenters. The molecular formula is C22H37NO2. The van der Waals surface area contributed by atoms with Gasteiger partial charge in [-0.1, -0.05) is 36.9 Å². The topological polar surface area (TPSA) is 21.7 Å². The summed E-state index contributed by atoms with van der Waals surface area (Å²) in [7, 11) is 0. The molecule has 3 heteroatoms. The minimum Gasteiger partial charge on any atom is -0.373 e. The van der Waals surface area contributed by atoms with E-state index in [0.717, 1.165) is 11.1 Å². The van der Waals surface area contributed by atoms with Gasteiger partial charge in [0.15, 0.2) is 0 Å². The van der Waals surface area contributed by atoms with Crippen LogP contribution in [-0.2, 0) is 9.57 Å². The Morgan fingerprint density at radius 3 is 1.76 bits per heavy atom. The fourth-order valence-corrected chi connectivity index (χ4v) is 2.81. The molecule has 0 heterocycles. The van der Waals surface area contributed by atoms with Gasteiger partial charge in [0, 0.05) is 11.1 Å². The molecule has 0 amide bonds. The molecule has 0 aromatic heterocycles. The van der Waals surface area contributed by atoms with E-state index < -0.39 is 0 Å². The molecule has 1 atom stereocenters. The van der Waals surface area contributed by atoms with Gasteiger partial charge in [-0.2, -0.15) is 5.06 Å². The van der Waals surface area contributed by atoms with Crippen LogP contribution in [-0.4, -0.2) is 28.3 Å². The average Bonchev–Trinajstić information content (AvgIpc) is 2.44. The minimum atomic E-state index is -0.211. The summed E-state index contributed by atoms with van der Waals surface area (Å²) < 4.78 is 6.06. The van der Waals surface area contributed by atoms with Crippen molar-refractivity contribution in [1.29, 1.82) is 0 Å². The average molecular weight is 348 g/mol. The first-order chi connectivity index (χ1) is 11.2. The molecule has 25 heavy (non-hydrogen) atoms. The van der Waals surface area contributed by atoms with E-state index in [9.17, 15) is 0 Å². The first-order valence-electron chi connectivity index (χ1n) is 9.07. The van der Waals surface area contributed by atoms with Gasteiger partial charge in [-0.25, -0.2) is 0 Å². The third kappa shape index (κ3) is 7.31. The number of hydroxylamine groups is 2. The predicted octanol–water partition coefficient (Wildman–Crippen LogP) is 6.02. The Morgan fingerprint density at radius 1 is 0.920 bits per heavy atom. The van der Waals surface area contributed by atoms with Gasteiger partial charge in [0.1, 0.15) is 6.10 Å². The van der Waals surface area contributed by atoms with Crippen molar-refractivity contribution >= 4 is 6.08 Å². The molecule has 1 rings (SSSR count). The predicted molar refractivity (Wildman–Crippen MR) is 107 cm³/mol. The van der Waals surface area contributed by atoms with Gasteiger partial charge in [-0.3, -0.25) is 4.84 Å².